The van der Waals surface area contributed by atoms with Crippen LogP contribution in [0, 0.1) is 27.7 Å². The monoisotopic (exact) mass is 509 g/mol. The van der Waals surface area contributed by atoms with E-state index in [1.54, 1.807) is 43.0 Å². The van der Waals surface area contributed by atoms with Crippen LogP contribution >= 0.6 is 0 Å². The van der Waals surface area contributed by atoms with Crippen LogP contribution in [-0.4, -0.2) is 41.0 Å². The van der Waals surface area contributed by atoms with Crippen LogP contribution in [0.4, 0.5) is 4.79 Å². The average Bonchev–Trinajstić information content (AvgIpc) is 3.58. The van der Waals surface area contributed by atoms with Crippen LogP contribution < -0.4 is 0 Å². The van der Waals surface area contributed by atoms with Gasteiger partial charge in [-0.3, -0.25) is 9.97 Å². The van der Waals surface area contributed by atoms with E-state index in [1.807, 2.05) is 33.8 Å². The van der Waals surface area contributed by atoms with Gasteiger partial charge >= 0.3 is 6.09 Å². The van der Waals surface area contributed by atoms with Crippen LogP contribution in [0.1, 0.15) is 63.9 Å². The molecular weight excluding hydrogens is 482 g/mol. The number of imidazole rings is 1. The van der Waals surface area contributed by atoms with Gasteiger partial charge in [-0.1, -0.05) is 5.16 Å². The predicted molar refractivity (Wildman–Crippen MR) is 140 cm³/mol. The Balaban J connectivity index is 1.80. The lowest BCUT2D eigenvalue weighted by Gasteiger charge is -2.33. The van der Waals surface area contributed by atoms with Crippen molar-refractivity contribution in [1.29, 1.82) is 0 Å². The molecule has 0 saturated heterocycles. The van der Waals surface area contributed by atoms with Gasteiger partial charge in [0.25, 0.3) is 0 Å². The van der Waals surface area contributed by atoms with Crippen molar-refractivity contribution in [2.45, 2.75) is 52.1 Å². The number of aliphatic hydroxyl groups is 1. The molecule has 0 atom stereocenters. The first-order chi connectivity index (χ1) is 18.2. The Hall–Kier alpha value is -4.37. The van der Waals surface area contributed by atoms with Gasteiger partial charge < -0.3 is 14.7 Å². The van der Waals surface area contributed by atoms with E-state index in [1.165, 1.54) is 4.57 Å². The normalized spacial score (nSPS) is 13.8. The maximum Gasteiger partial charge on any atom is 0.417 e. The van der Waals surface area contributed by atoms with Gasteiger partial charge in [-0.25, -0.2) is 14.3 Å². The maximum absolute atomic E-state index is 12.9. The summed E-state index contributed by atoms with van der Waals surface area (Å²) in [5.74, 6) is 1.15. The van der Waals surface area contributed by atoms with E-state index in [-0.39, 0.29) is 5.92 Å². The summed E-state index contributed by atoms with van der Waals surface area (Å²) in [4.78, 5) is 26.0. The lowest BCUT2D eigenvalue weighted by Crippen LogP contribution is -2.31. The second-order valence-corrected chi connectivity index (χ2v) is 10.0. The van der Waals surface area contributed by atoms with E-state index < -0.39 is 11.7 Å². The number of carboxylic acid groups (broad SMARTS) is 1. The minimum atomic E-state index is -1.69. The number of hydrogen-bond acceptors (Lipinski definition) is 7. The molecule has 1 aliphatic rings. The third kappa shape index (κ3) is 3.53. The second-order valence-electron chi connectivity index (χ2n) is 10.0. The summed E-state index contributed by atoms with van der Waals surface area (Å²) < 4.78 is 6.72. The Morgan fingerprint density at radius 1 is 1.00 bits per heavy atom. The van der Waals surface area contributed by atoms with Crippen molar-refractivity contribution in [1.82, 2.24) is 24.7 Å². The zero-order valence-corrected chi connectivity index (χ0v) is 21.6. The number of carbonyl (C=O) groups is 1. The third-order valence-corrected chi connectivity index (χ3v) is 7.45. The molecule has 9 heteroatoms. The molecule has 1 aliphatic carbocycles. The van der Waals surface area contributed by atoms with Crippen molar-refractivity contribution in [3.63, 3.8) is 0 Å². The van der Waals surface area contributed by atoms with Gasteiger partial charge in [-0.15, -0.1) is 0 Å². The lowest BCUT2D eigenvalue weighted by atomic mass is 9.76. The highest BCUT2D eigenvalue weighted by Gasteiger charge is 2.41. The summed E-state index contributed by atoms with van der Waals surface area (Å²) in [5, 5.41) is 27.4. The topological polar surface area (TPSA) is 127 Å². The molecule has 192 valence electrons. The molecular formula is C29H27N5O4. The van der Waals surface area contributed by atoms with Gasteiger partial charge in [0.1, 0.15) is 17.2 Å². The molecule has 0 bridgehead atoms. The zero-order chi connectivity index (χ0) is 26.8. The summed E-state index contributed by atoms with van der Waals surface area (Å²) in [6, 6.07) is 7.27. The molecule has 0 amide bonds. The molecule has 0 unspecified atom stereocenters. The highest BCUT2D eigenvalue weighted by molar-refractivity contribution is 5.94. The molecule has 0 aliphatic heterocycles. The van der Waals surface area contributed by atoms with Gasteiger partial charge in [0.05, 0.1) is 16.7 Å². The SMILES string of the molecule is Cc1cnccc1C(O)(c1ccncc1C)c1cc(-c2c(C)noc2C)cc2c1nc(C1CC1)n2C(=O)O. The Morgan fingerprint density at radius 3 is 2.13 bits per heavy atom. The highest BCUT2D eigenvalue weighted by atomic mass is 16.5. The van der Waals surface area contributed by atoms with E-state index in [0.29, 0.717) is 50.6 Å². The van der Waals surface area contributed by atoms with Gasteiger partial charge in [0, 0.05) is 41.8 Å². The van der Waals surface area contributed by atoms with Gasteiger partial charge in [-0.05, 0) is 92.6 Å². The standard InChI is InChI=1S/C29H27N5O4/c1-15-13-30-9-7-21(15)29(37,22-8-10-31-14-16(22)2)23-11-20(25-17(3)33-38-18(25)4)12-24-26(23)32-27(19-5-6-19)34(24)28(35)36/h7-14,19,37H,5-6H2,1-4H3,(H,35,36). The third-order valence-electron chi connectivity index (χ3n) is 7.45. The molecule has 1 fully saturated rings. The summed E-state index contributed by atoms with van der Waals surface area (Å²) in [5.41, 5.74) is 4.52. The molecule has 38 heavy (non-hydrogen) atoms. The van der Waals surface area contributed by atoms with Crippen LogP contribution in [0.5, 0.6) is 0 Å². The first-order valence-corrected chi connectivity index (χ1v) is 12.5. The summed E-state index contributed by atoms with van der Waals surface area (Å²) >= 11 is 0. The molecule has 9 nitrogen and oxygen atoms in total. The number of aryl methyl sites for hydroxylation is 4. The van der Waals surface area contributed by atoms with E-state index >= 15 is 0 Å². The van der Waals surface area contributed by atoms with Gasteiger partial charge in [0.2, 0.25) is 0 Å². The molecule has 4 heterocycles. The Labute approximate surface area is 218 Å². The van der Waals surface area contributed by atoms with E-state index in [9.17, 15) is 15.0 Å². The Morgan fingerprint density at radius 2 is 1.63 bits per heavy atom. The summed E-state index contributed by atoms with van der Waals surface area (Å²) in [7, 11) is 0. The molecule has 2 N–H and O–H groups in total. The number of fused-ring (bicyclic) bond motifs is 1. The number of hydrogen-bond donors (Lipinski definition) is 2. The second kappa shape index (κ2) is 8.59. The van der Waals surface area contributed by atoms with Crippen LogP contribution in [-0.2, 0) is 5.60 Å². The summed E-state index contributed by atoms with van der Waals surface area (Å²) in [6.45, 7) is 7.44. The molecule has 6 rings (SSSR count). The predicted octanol–water partition coefficient (Wildman–Crippen LogP) is 5.40. The largest absolute Gasteiger partial charge is 0.464 e. The average molecular weight is 510 g/mol. The molecule has 0 radical (unpaired) electrons. The molecule has 1 aromatic carbocycles. The van der Waals surface area contributed by atoms with Crippen molar-refractivity contribution in [2.24, 2.45) is 0 Å². The van der Waals surface area contributed by atoms with Crippen molar-refractivity contribution in [3.05, 3.63) is 94.1 Å². The van der Waals surface area contributed by atoms with Crippen molar-refractivity contribution in [3.8, 4) is 11.1 Å². The first-order valence-electron chi connectivity index (χ1n) is 12.5. The van der Waals surface area contributed by atoms with E-state index in [2.05, 4.69) is 15.1 Å². The fourth-order valence-electron chi connectivity index (χ4n) is 5.52. The fraction of sp³-hybridized carbons (Fsp3) is 0.276. The fourth-order valence-corrected chi connectivity index (χ4v) is 5.52. The van der Waals surface area contributed by atoms with E-state index in [0.717, 1.165) is 29.5 Å². The molecule has 5 aromatic rings. The van der Waals surface area contributed by atoms with Gasteiger partial charge in [-0.2, -0.15) is 0 Å². The Bertz CT molecular complexity index is 1670. The smallest absolute Gasteiger partial charge is 0.417 e. The van der Waals surface area contributed by atoms with Crippen LogP contribution in [0.3, 0.4) is 0 Å². The number of nitrogens with zero attached hydrogens (tertiary/aromatic N) is 5. The minimum Gasteiger partial charge on any atom is -0.464 e. The molecule has 4 aromatic heterocycles. The molecule has 0 spiro atoms. The number of rotatable bonds is 5. The van der Waals surface area contributed by atoms with Crippen molar-refractivity contribution in [2.75, 3.05) is 0 Å². The summed E-state index contributed by atoms with van der Waals surface area (Å²) in [6.07, 6.45) is 7.34. The minimum absolute atomic E-state index is 0.0623. The Kier molecular flexibility index (Phi) is 5.43. The van der Waals surface area contributed by atoms with Crippen LogP contribution in [0.2, 0.25) is 0 Å². The highest BCUT2D eigenvalue weighted by Crippen LogP contribution is 2.47. The van der Waals surface area contributed by atoms with Crippen molar-refractivity contribution >= 4 is 17.1 Å². The van der Waals surface area contributed by atoms with Crippen LogP contribution in [0.15, 0.2) is 53.6 Å². The van der Waals surface area contributed by atoms with E-state index in [4.69, 9.17) is 9.51 Å². The molecule has 1 saturated carbocycles. The zero-order valence-electron chi connectivity index (χ0n) is 21.6. The van der Waals surface area contributed by atoms with Gasteiger partial charge in [0.15, 0.2) is 0 Å². The van der Waals surface area contributed by atoms with Crippen molar-refractivity contribution < 1.29 is 19.5 Å². The number of pyridine rings is 2. The maximum atomic E-state index is 12.9. The lowest BCUT2D eigenvalue weighted by molar-refractivity contribution is 0.125. The number of aromatic nitrogens is 5. The van der Waals surface area contributed by atoms with Crippen LogP contribution in [0.25, 0.3) is 22.2 Å². The first kappa shape index (κ1) is 24.0. The number of benzene rings is 1. The quantitative estimate of drug-likeness (QED) is 0.322.